The quantitative estimate of drug-likeness (QED) is 0.804. The fourth-order valence-corrected chi connectivity index (χ4v) is 3.29. The van der Waals surface area contributed by atoms with Gasteiger partial charge >= 0.3 is 0 Å². The minimum Gasteiger partial charge on any atom is -0.393 e. The number of amides is 1. The molecule has 0 spiro atoms. The highest BCUT2D eigenvalue weighted by Gasteiger charge is 2.22. The first-order valence-corrected chi connectivity index (χ1v) is 8.27. The van der Waals surface area contributed by atoms with Crippen LogP contribution in [0.3, 0.4) is 0 Å². The summed E-state index contributed by atoms with van der Waals surface area (Å²) in [7, 11) is 0. The Bertz CT molecular complexity index is 686. The Labute approximate surface area is 140 Å². The molecule has 23 heavy (non-hydrogen) atoms. The zero-order valence-corrected chi connectivity index (χ0v) is 13.5. The number of hydrogen-bond acceptors (Lipinski definition) is 3. The lowest BCUT2D eigenvalue weighted by Gasteiger charge is -2.25. The zero-order chi connectivity index (χ0) is 16.2. The molecule has 2 unspecified atom stereocenters. The van der Waals surface area contributed by atoms with Crippen LogP contribution in [0.1, 0.15) is 36.0 Å². The lowest BCUT2D eigenvalue weighted by atomic mass is 9.87. The molecule has 1 aliphatic rings. The molecule has 3 rings (SSSR count). The van der Waals surface area contributed by atoms with E-state index in [-0.39, 0.29) is 12.0 Å². The van der Waals surface area contributed by atoms with Crippen molar-refractivity contribution in [1.82, 2.24) is 15.5 Å². The number of benzene rings is 1. The van der Waals surface area contributed by atoms with E-state index in [2.05, 4.69) is 15.5 Å². The van der Waals surface area contributed by atoms with Gasteiger partial charge in [0.15, 0.2) is 0 Å². The summed E-state index contributed by atoms with van der Waals surface area (Å²) in [5.41, 5.74) is 1.99. The number of nitrogens with one attached hydrogen (secondary N) is 2. The molecule has 5 nitrogen and oxygen atoms in total. The fraction of sp³-hybridized carbons (Fsp3) is 0.412. The molecule has 0 radical (unpaired) electrons. The number of carbonyl (C=O) groups is 1. The standard InChI is InChI=1S/C17H20ClN3O2/c18-13-5-2-4-12(8-13)16-15(10-20-21-16)17(23)19-9-11-3-1-6-14(22)7-11/h2,4-5,8,10-11,14,22H,1,3,6-7,9H2,(H,19,23)(H,20,21). The van der Waals surface area contributed by atoms with Crippen LogP contribution in [0.25, 0.3) is 11.3 Å². The van der Waals surface area contributed by atoms with Crippen molar-refractivity contribution >= 4 is 17.5 Å². The van der Waals surface area contributed by atoms with E-state index in [0.717, 1.165) is 31.2 Å². The van der Waals surface area contributed by atoms with Gasteiger partial charge in [-0.3, -0.25) is 9.89 Å². The van der Waals surface area contributed by atoms with Gasteiger partial charge in [0.05, 0.1) is 23.6 Å². The average molecular weight is 334 g/mol. The highest BCUT2D eigenvalue weighted by Crippen LogP contribution is 2.25. The molecule has 1 aliphatic carbocycles. The van der Waals surface area contributed by atoms with E-state index in [0.29, 0.717) is 28.7 Å². The van der Waals surface area contributed by atoms with Crippen LogP contribution in [-0.4, -0.2) is 33.9 Å². The molecule has 1 heterocycles. The number of halogens is 1. The van der Waals surface area contributed by atoms with E-state index in [4.69, 9.17) is 11.6 Å². The normalized spacial score (nSPS) is 21.1. The van der Waals surface area contributed by atoms with Crippen molar-refractivity contribution in [3.05, 3.63) is 41.0 Å². The first-order chi connectivity index (χ1) is 11.1. The Morgan fingerprint density at radius 3 is 3.09 bits per heavy atom. The smallest absolute Gasteiger partial charge is 0.255 e. The van der Waals surface area contributed by atoms with E-state index in [1.54, 1.807) is 12.1 Å². The molecule has 0 saturated heterocycles. The van der Waals surface area contributed by atoms with E-state index in [1.807, 2.05) is 12.1 Å². The summed E-state index contributed by atoms with van der Waals surface area (Å²) in [4.78, 5) is 12.4. The van der Waals surface area contributed by atoms with E-state index in [1.165, 1.54) is 6.20 Å². The Balaban J connectivity index is 1.68. The third-order valence-corrected chi connectivity index (χ3v) is 4.54. The lowest BCUT2D eigenvalue weighted by molar-refractivity contribution is 0.0874. The molecule has 3 N–H and O–H groups in total. The van der Waals surface area contributed by atoms with Crippen molar-refractivity contribution in [1.29, 1.82) is 0 Å². The van der Waals surface area contributed by atoms with Crippen molar-refractivity contribution in [3.8, 4) is 11.3 Å². The number of carbonyl (C=O) groups excluding carboxylic acids is 1. The lowest BCUT2D eigenvalue weighted by Crippen LogP contribution is -2.33. The van der Waals surface area contributed by atoms with Gasteiger partial charge in [-0.15, -0.1) is 0 Å². The van der Waals surface area contributed by atoms with Crippen molar-refractivity contribution in [2.24, 2.45) is 5.92 Å². The van der Waals surface area contributed by atoms with Gasteiger partial charge in [-0.1, -0.05) is 30.2 Å². The molecule has 0 aliphatic heterocycles. The summed E-state index contributed by atoms with van der Waals surface area (Å²) in [6.45, 7) is 0.579. The summed E-state index contributed by atoms with van der Waals surface area (Å²) in [5.74, 6) is 0.179. The fourth-order valence-electron chi connectivity index (χ4n) is 3.10. The van der Waals surface area contributed by atoms with E-state index >= 15 is 0 Å². The number of aliphatic hydroxyl groups excluding tert-OH is 1. The molecule has 0 bridgehead atoms. The molecule has 1 aromatic carbocycles. The molecule has 1 aromatic heterocycles. The van der Waals surface area contributed by atoms with Crippen LogP contribution < -0.4 is 5.32 Å². The van der Waals surface area contributed by atoms with Crippen LogP contribution in [0.5, 0.6) is 0 Å². The SMILES string of the molecule is O=C(NCC1CCCC(O)C1)c1cn[nH]c1-c1cccc(Cl)c1. The van der Waals surface area contributed by atoms with Crippen molar-refractivity contribution in [3.63, 3.8) is 0 Å². The molecular formula is C17H20ClN3O2. The number of aromatic amines is 1. The second-order valence-electron chi connectivity index (χ2n) is 6.07. The van der Waals surface area contributed by atoms with Gasteiger partial charge in [0.2, 0.25) is 0 Å². The molecule has 122 valence electrons. The Morgan fingerprint density at radius 1 is 1.43 bits per heavy atom. The minimum atomic E-state index is -0.235. The maximum atomic E-state index is 12.4. The number of aliphatic hydroxyl groups is 1. The van der Waals surface area contributed by atoms with E-state index < -0.39 is 0 Å². The van der Waals surface area contributed by atoms with Crippen LogP contribution in [0.2, 0.25) is 5.02 Å². The Hall–Kier alpha value is -1.85. The molecule has 1 amide bonds. The van der Waals surface area contributed by atoms with Crippen LogP contribution >= 0.6 is 11.6 Å². The molecule has 1 saturated carbocycles. The predicted octanol–water partition coefficient (Wildman–Crippen LogP) is 3.01. The number of hydrogen-bond donors (Lipinski definition) is 3. The highest BCUT2D eigenvalue weighted by molar-refractivity contribution is 6.30. The first kappa shape index (κ1) is 16.0. The topological polar surface area (TPSA) is 78.0 Å². The molecule has 2 atom stereocenters. The molecular weight excluding hydrogens is 314 g/mol. The molecule has 2 aromatic rings. The van der Waals surface area contributed by atoms with Crippen LogP contribution in [-0.2, 0) is 0 Å². The van der Waals surface area contributed by atoms with Gasteiger partial charge in [0.1, 0.15) is 0 Å². The minimum absolute atomic E-state index is 0.159. The number of H-pyrrole nitrogens is 1. The average Bonchev–Trinajstić information content (AvgIpc) is 3.02. The predicted molar refractivity (Wildman–Crippen MR) is 89.3 cm³/mol. The number of aromatic nitrogens is 2. The molecule has 1 fully saturated rings. The van der Waals surface area contributed by atoms with Crippen LogP contribution in [0.4, 0.5) is 0 Å². The summed E-state index contributed by atoms with van der Waals surface area (Å²) < 4.78 is 0. The first-order valence-electron chi connectivity index (χ1n) is 7.89. The second-order valence-corrected chi connectivity index (χ2v) is 6.50. The van der Waals surface area contributed by atoms with Gasteiger partial charge < -0.3 is 10.4 Å². The third kappa shape index (κ3) is 3.92. The molecule has 6 heteroatoms. The third-order valence-electron chi connectivity index (χ3n) is 4.30. The Morgan fingerprint density at radius 2 is 2.30 bits per heavy atom. The monoisotopic (exact) mass is 333 g/mol. The number of nitrogens with zero attached hydrogens (tertiary/aromatic N) is 1. The van der Waals surface area contributed by atoms with Gasteiger partial charge in [0, 0.05) is 17.1 Å². The summed E-state index contributed by atoms with van der Waals surface area (Å²) >= 11 is 6.01. The van der Waals surface area contributed by atoms with Crippen molar-refractivity contribution < 1.29 is 9.90 Å². The largest absolute Gasteiger partial charge is 0.393 e. The number of rotatable bonds is 4. The summed E-state index contributed by atoms with van der Waals surface area (Å²) in [6, 6.07) is 7.30. The van der Waals surface area contributed by atoms with Crippen molar-refractivity contribution in [2.45, 2.75) is 31.8 Å². The van der Waals surface area contributed by atoms with Crippen LogP contribution in [0.15, 0.2) is 30.5 Å². The van der Waals surface area contributed by atoms with Gasteiger partial charge in [0.25, 0.3) is 5.91 Å². The van der Waals surface area contributed by atoms with E-state index in [9.17, 15) is 9.90 Å². The van der Waals surface area contributed by atoms with Gasteiger partial charge in [-0.2, -0.15) is 5.10 Å². The van der Waals surface area contributed by atoms with Gasteiger partial charge in [-0.05, 0) is 37.3 Å². The summed E-state index contributed by atoms with van der Waals surface area (Å²) in [6.07, 6.45) is 4.98. The maximum absolute atomic E-state index is 12.4. The summed E-state index contributed by atoms with van der Waals surface area (Å²) in [5, 5.41) is 20.1. The Kier molecular flexibility index (Phi) is 4.98. The van der Waals surface area contributed by atoms with Crippen LogP contribution in [0, 0.1) is 5.92 Å². The maximum Gasteiger partial charge on any atom is 0.255 e. The zero-order valence-electron chi connectivity index (χ0n) is 12.8. The van der Waals surface area contributed by atoms with Gasteiger partial charge in [-0.25, -0.2) is 0 Å². The second kappa shape index (κ2) is 7.15. The van der Waals surface area contributed by atoms with Crippen molar-refractivity contribution in [2.75, 3.05) is 6.54 Å². The highest BCUT2D eigenvalue weighted by atomic mass is 35.5.